The predicted molar refractivity (Wildman–Crippen MR) is 42.6 cm³/mol. The first-order valence-electron chi connectivity index (χ1n) is 3.67. The van der Waals surface area contributed by atoms with Gasteiger partial charge in [0, 0.05) is 6.04 Å². The van der Waals surface area contributed by atoms with E-state index in [4.69, 9.17) is 0 Å². The van der Waals surface area contributed by atoms with Gasteiger partial charge in [-0.3, -0.25) is 0 Å². The molecule has 1 unspecified atom stereocenters. The van der Waals surface area contributed by atoms with E-state index in [2.05, 4.69) is 25.7 Å². The molecule has 0 saturated carbocycles. The molecule has 1 heteroatoms. The quantitative estimate of drug-likeness (QED) is 0.439. The minimum Gasteiger partial charge on any atom is -0.311 e. The Labute approximate surface area is 58.2 Å². The van der Waals surface area contributed by atoms with Crippen LogP contribution in [0.25, 0.3) is 0 Å². The van der Waals surface area contributed by atoms with Gasteiger partial charge in [-0.25, -0.2) is 0 Å². The Balaban J connectivity index is 2.96. The monoisotopic (exact) mass is 127 g/mol. The van der Waals surface area contributed by atoms with Gasteiger partial charge in [0.2, 0.25) is 0 Å². The van der Waals surface area contributed by atoms with Crippen molar-refractivity contribution >= 4 is 0 Å². The standard InChI is InChI=1S/C8H17N/c1-4-6-7-9-8(3)5-2/h5,8-9H,2,4,6-7H2,1,3H3. The van der Waals surface area contributed by atoms with Crippen molar-refractivity contribution in [3.8, 4) is 0 Å². The number of unbranched alkanes of at least 4 members (excludes halogenated alkanes) is 1. The summed E-state index contributed by atoms with van der Waals surface area (Å²) in [4.78, 5) is 0. The average molecular weight is 127 g/mol. The second-order valence-electron chi connectivity index (χ2n) is 2.33. The topological polar surface area (TPSA) is 12.0 Å². The molecule has 0 rings (SSSR count). The van der Waals surface area contributed by atoms with Crippen molar-refractivity contribution in [2.45, 2.75) is 32.7 Å². The average Bonchev–Trinajstić information content (AvgIpc) is 1.89. The number of hydrogen-bond acceptors (Lipinski definition) is 1. The van der Waals surface area contributed by atoms with E-state index < -0.39 is 0 Å². The van der Waals surface area contributed by atoms with Crippen LogP contribution >= 0.6 is 0 Å². The maximum absolute atomic E-state index is 3.68. The SMILES string of the molecule is C=CC(C)NCCCC. The molecule has 0 heterocycles. The molecule has 0 saturated heterocycles. The van der Waals surface area contributed by atoms with Gasteiger partial charge in [-0.05, 0) is 19.9 Å². The number of hydrogen-bond donors (Lipinski definition) is 1. The molecule has 0 aromatic heterocycles. The van der Waals surface area contributed by atoms with E-state index in [-0.39, 0.29) is 0 Å². The molecule has 1 N–H and O–H groups in total. The van der Waals surface area contributed by atoms with Gasteiger partial charge < -0.3 is 5.32 Å². The molecule has 0 aliphatic heterocycles. The van der Waals surface area contributed by atoms with Crippen LogP contribution in [0.3, 0.4) is 0 Å². The van der Waals surface area contributed by atoms with Crippen molar-refractivity contribution in [3.05, 3.63) is 12.7 Å². The highest BCUT2D eigenvalue weighted by molar-refractivity contribution is 4.80. The first kappa shape index (κ1) is 8.70. The predicted octanol–water partition coefficient (Wildman–Crippen LogP) is 1.95. The maximum atomic E-state index is 3.68. The summed E-state index contributed by atoms with van der Waals surface area (Å²) < 4.78 is 0. The molecule has 0 amide bonds. The lowest BCUT2D eigenvalue weighted by molar-refractivity contribution is 0.601. The van der Waals surface area contributed by atoms with Crippen molar-refractivity contribution in [1.82, 2.24) is 5.32 Å². The van der Waals surface area contributed by atoms with Crippen LogP contribution in [-0.4, -0.2) is 12.6 Å². The number of rotatable bonds is 5. The Morgan fingerprint density at radius 1 is 1.67 bits per heavy atom. The van der Waals surface area contributed by atoms with Gasteiger partial charge in [0.1, 0.15) is 0 Å². The van der Waals surface area contributed by atoms with E-state index in [1.165, 1.54) is 12.8 Å². The van der Waals surface area contributed by atoms with Crippen LogP contribution < -0.4 is 5.32 Å². The molecule has 0 fully saturated rings. The van der Waals surface area contributed by atoms with Crippen molar-refractivity contribution in [2.24, 2.45) is 0 Å². The summed E-state index contributed by atoms with van der Waals surface area (Å²) >= 11 is 0. The van der Waals surface area contributed by atoms with Crippen molar-refractivity contribution in [3.63, 3.8) is 0 Å². The fourth-order valence-electron chi connectivity index (χ4n) is 0.590. The highest BCUT2D eigenvalue weighted by atomic mass is 14.9. The smallest absolute Gasteiger partial charge is 0.0219 e. The van der Waals surface area contributed by atoms with Gasteiger partial charge in [-0.15, -0.1) is 6.58 Å². The summed E-state index contributed by atoms with van der Waals surface area (Å²) in [7, 11) is 0. The zero-order valence-electron chi connectivity index (χ0n) is 6.48. The van der Waals surface area contributed by atoms with Gasteiger partial charge in [-0.1, -0.05) is 19.4 Å². The van der Waals surface area contributed by atoms with Crippen molar-refractivity contribution in [1.29, 1.82) is 0 Å². The molecule has 54 valence electrons. The summed E-state index contributed by atoms with van der Waals surface area (Å²) in [5.41, 5.74) is 0. The van der Waals surface area contributed by atoms with E-state index in [1.807, 2.05) is 6.08 Å². The van der Waals surface area contributed by atoms with Gasteiger partial charge >= 0.3 is 0 Å². The van der Waals surface area contributed by atoms with E-state index >= 15 is 0 Å². The van der Waals surface area contributed by atoms with Gasteiger partial charge in [-0.2, -0.15) is 0 Å². The summed E-state index contributed by atoms with van der Waals surface area (Å²) in [6.07, 6.45) is 4.45. The molecule has 0 aliphatic carbocycles. The Kier molecular flexibility index (Phi) is 5.64. The Bertz CT molecular complexity index is 69.0. The molecule has 0 bridgehead atoms. The van der Waals surface area contributed by atoms with Gasteiger partial charge in [0.15, 0.2) is 0 Å². The van der Waals surface area contributed by atoms with Crippen molar-refractivity contribution in [2.75, 3.05) is 6.54 Å². The summed E-state index contributed by atoms with van der Waals surface area (Å²) in [5.74, 6) is 0. The van der Waals surface area contributed by atoms with Crippen LogP contribution in [0.1, 0.15) is 26.7 Å². The lowest BCUT2D eigenvalue weighted by atomic mass is 10.3. The van der Waals surface area contributed by atoms with E-state index in [1.54, 1.807) is 0 Å². The minimum absolute atomic E-state index is 0.469. The minimum atomic E-state index is 0.469. The first-order chi connectivity index (χ1) is 4.31. The molecule has 0 spiro atoms. The third kappa shape index (κ3) is 5.57. The highest BCUT2D eigenvalue weighted by Crippen LogP contribution is 1.85. The molecule has 9 heavy (non-hydrogen) atoms. The van der Waals surface area contributed by atoms with Crippen LogP contribution in [0.2, 0.25) is 0 Å². The zero-order valence-corrected chi connectivity index (χ0v) is 6.48. The van der Waals surface area contributed by atoms with Crippen LogP contribution in [0, 0.1) is 0 Å². The third-order valence-electron chi connectivity index (χ3n) is 1.35. The lowest BCUT2D eigenvalue weighted by Gasteiger charge is -2.06. The Morgan fingerprint density at radius 3 is 2.78 bits per heavy atom. The van der Waals surface area contributed by atoms with Crippen LogP contribution in [-0.2, 0) is 0 Å². The number of nitrogens with one attached hydrogen (secondary N) is 1. The van der Waals surface area contributed by atoms with E-state index in [0.29, 0.717) is 6.04 Å². The Hall–Kier alpha value is -0.300. The van der Waals surface area contributed by atoms with Crippen LogP contribution in [0.5, 0.6) is 0 Å². The maximum Gasteiger partial charge on any atom is 0.0219 e. The molecular formula is C8H17N. The highest BCUT2D eigenvalue weighted by Gasteiger charge is 1.90. The fraction of sp³-hybridized carbons (Fsp3) is 0.750. The second kappa shape index (κ2) is 5.83. The lowest BCUT2D eigenvalue weighted by Crippen LogP contribution is -2.24. The molecule has 0 radical (unpaired) electrons. The largest absolute Gasteiger partial charge is 0.311 e. The van der Waals surface area contributed by atoms with Crippen LogP contribution in [0.15, 0.2) is 12.7 Å². The molecule has 0 aromatic rings. The first-order valence-corrected chi connectivity index (χ1v) is 3.67. The fourth-order valence-corrected chi connectivity index (χ4v) is 0.590. The Morgan fingerprint density at radius 2 is 2.33 bits per heavy atom. The van der Waals surface area contributed by atoms with Gasteiger partial charge in [0.05, 0.1) is 0 Å². The summed E-state index contributed by atoms with van der Waals surface area (Å²) in [6.45, 7) is 9.10. The second-order valence-corrected chi connectivity index (χ2v) is 2.33. The molecule has 0 aliphatic rings. The third-order valence-corrected chi connectivity index (χ3v) is 1.35. The normalized spacial score (nSPS) is 13.1. The van der Waals surface area contributed by atoms with E-state index in [9.17, 15) is 0 Å². The van der Waals surface area contributed by atoms with Crippen LogP contribution in [0.4, 0.5) is 0 Å². The summed E-state index contributed by atoms with van der Waals surface area (Å²) in [5, 5.41) is 3.32. The molecule has 0 aromatic carbocycles. The molecule has 1 atom stereocenters. The zero-order chi connectivity index (χ0) is 7.11. The van der Waals surface area contributed by atoms with E-state index in [0.717, 1.165) is 6.54 Å². The van der Waals surface area contributed by atoms with Crippen molar-refractivity contribution < 1.29 is 0 Å². The summed E-state index contributed by atoms with van der Waals surface area (Å²) in [6, 6.07) is 0.469. The molecule has 1 nitrogen and oxygen atoms in total. The van der Waals surface area contributed by atoms with Gasteiger partial charge in [0.25, 0.3) is 0 Å². The molecular weight excluding hydrogens is 110 g/mol.